The highest BCUT2D eigenvalue weighted by atomic mass is 16.5. The fourth-order valence-corrected chi connectivity index (χ4v) is 4.59. The van der Waals surface area contributed by atoms with Crippen molar-refractivity contribution in [3.05, 3.63) is 84.2 Å². The van der Waals surface area contributed by atoms with Gasteiger partial charge in [0.1, 0.15) is 5.75 Å². The van der Waals surface area contributed by atoms with Gasteiger partial charge in [0.25, 0.3) is 0 Å². The van der Waals surface area contributed by atoms with E-state index >= 15 is 0 Å². The average Bonchev–Trinajstić information content (AvgIpc) is 2.85. The molecule has 2 amide bonds. The minimum Gasteiger partial charge on any atom is -0.497 e. The molecule has 33 heavy (non-hydrogen) atoms. The predicted molar refractivity (Wildman–Crippen MR) is 128 cm³/mol. The van der Waals surface area contributed by atoms with Gasteiger partial charge in [0.05, 0.1) is 18.9 Å². The quantitative estimate of drug-likeness (QED) is 0.604. The Morgan fingerprint density at radius 2 is 1.88 bits per heavy atom. The van der Waals surface area contributed by atoms with Gasteiger partial charge in [-0.1, -0.05) is 42.5 Å². The summed E-state index contributed by atoms with van der Waals surface area (Å²) in [5, 5.41) is 0. The zero-order valence-corrected chi connectivity index (χ0v) is 18.9. The minimum absolute atomic E-state index is 0.000466. The van der Waals surface area contributed by atoms with Crippen LogP contribution in [0.15, 0.2) is 73.1 Å². The van der Waals surface area contributed by atoms with Gasteiger partial charge < -0.3 is 15.4 Å². The van der Waals surface area contributed by atoms with E-state index in [9.17, 15) is 9.59 Å². The summed E-state index contributed by atoms with van der Waals surface area (Å²) in [4.78, 5) is 31.7. The van der Waals surface area contributed by atoms with Gasteiger partial charge in [0.15, 0.2) is 0 Å². The molecule has 1 atom stereocenters. The summed E-state index contributed by atoms with van der Waals surface area (Å²) in [5.41, 5.74) is 9.19. The maximum Gasteiger partial charge on any atom is 0.227 e. The number of amides is 2. The van der Waals surface area contributed by atoms with E-state index in [-0.39, 0.29) is 18.2 Å². The second kappa shape index (κ2) is 9.86. The largest absolute Gasteiger partial charge is 0.497 e. The number of nitrogens with two attached hydrogens (primary N) is 1. The molecule has 1 aromatic heterocycles. The lowest BCUT2D eigenvalue weighted by atomic mass is 9.74. The molecule has 2 N–H and O–H groups in total. The van der Waals surface area contributed by atoms with Gasteiger partial charge >= 0.3 is 0 Å². The van der Waals surface area contributed by atoms with E-state index < -0.39 is 5.41 Å². The minimum atomic E-state index is -0.766. The lowest BCUT2D eigenvalue weighted by Gasteiger charge is -2.41. The number of rotatable bonds is 7. The number of aromatic nitrogens is 1. The third-order valence-electron chi connectivity index (χ3n) is 6.43. The van der Waals surface area contributed by atoms with Crippen LogP contribution in [-0.4, -0.2) is 41.9 Å². The highest BCUT2D eigenvalue weighted by Crippen LogP contribution is 2.34. The molecule has 0 radical (unpaired) electrons. The Balaban J connectivity index is 1.48. The fraction of sp³-hybridized carbons (Fsp3) is 0.296. The Morgan fingerprint density at radius 3 is 2.58 bits per heavy atom. The molecule has 1 aliphatic heterocycles. The number of pyridine rings is 1. The summed E-state index contributed by atoms with van der Waals surface area (Å²) >= 11 is 0. The fourth-order valence-electron chi connectivity index (χ4n) is 4.59. The number of ether oxygens (including phenoxy) is 1. The molecule has 1 fully saturated rings. The summed E-state index contributed by atoms with van der Waals surface area (Å²) in [6.07, 6.45) is 5.78. The molecule has 170 valence electrons. The Morgan fingerprint density at radius 1 is 1.06 bits per heavy atom. The Labute approximate surface area is 194 Å². The molecule has 0 saturated carbocycles. The molecule has 0 bridgehead atoms. The van der Waals surface area contributed by atoms with Crippen LogP contribution < -0.4 is 10.5 Å². The van der Waals surface area contributed by atoms with Crippen molar-refractivity contribution < 1.29 is 14.3 Å². The highest BCUT2D eigenvalue weighted by Gasteiger charge is 2.42. The molecule has 6 heteroatoms. The van der Waals surface area contributed by atoms with Crippen LogP contribution in [0.25, 0.3) is 11.1 Å². The summed E-state index contributed by atoms with van der Waals surface area (Å²) in [7, 11) is 1.61. The van der Waals surface area contributed by atoms with Crippen molar-refractivity contribution in [3.8, 4) is 16.9 Å². The Bertz CT molecular complexity index is 1110. The summed E-state index contributed by atoms with van der Waals surface area (Å²) < 4.78 is 5.26. The summed E-state index contributed by atoms with van der Waals surface area (Å²) in [5.74, 6) is 0.373. The van der Waals surface area contributed by atoms with E-state index in [1.807, 2.05) is 66.9 Å². The zero-order chi connectivity index (χ0) is 23.3. The van der Waals surface area contributed by atoms with Crippen molar-refractivity contribution >= 4 is 11.8 Å². The molecule has 4 rings (SSSR count). The number of benzene rings is 2. The number of piperidine rings is 1. The van der Waals surface area contributed by atoms with Gasteiger partial charge in [-0.2, -0.15) is 0 Å². The van der Waals surface area contributed by atoms with Gasteiger partial charge in [-0.05, 0) is 59.7 Å². The third kappa shape index (κ3) is 5.22. The number of hydrogen-bond acceptors (Lipinski definition) is 4. The number of nitrogens with zero attached hydrogens (tertiary/aromatic N) is 2. The van der Waals surface area contributed by atoms with Crippen LogP contribution >= 0.6 is 0 Å². The molecule has 1 aliphatic rings. The number of primary amides is 1. The molecular formula is C27H29N3O3. The van der Waals surface area contributed by atoms with Gasteiger partial charge in [-0.25, -0.2) is 0 Å². The number of carbonyl (C=O) groups is 2. The molecular weight excluding hydrogens is 414 g/mol. The first kappa shape index (κ1) is 22.5. The van der Waals surface area contributed by atoms with Crippen LogP contribution in [0.5, 0.6) is 5.75 Å². The topological polar surface area (TPSA) is 85.5 Å². The van der Waals surface area contributed by atoms with Gasteiger partial charge in [0, 0.05) is 25.5 Å². The van der Waals surface area contributed by atoms with Crippen molar-refractivity contribution in [2.75, 3.05) is 20.2 Å². The smallest absolute Gasteiger partial charge is 0.227 e. The molecule has 6 nitrogen and oxygen atoms in total. The Kier molecular flexibility index (Phi) is 6.73. The lowest BCUT2D eigenvalue weighted by Crippen LogP contribution is -2.53. The van der Waals surface area contributed by atoms with E-state index in [1.54, 1.807) is 18.2 Å². The number of carbonyl (C=O) groups excluding carboxylic acids is 2. The molecule has 2 heterocycles. The van der Waals surface area contributed by atoms with Crippen LogP contribution in [-0.2, 0) is 22.4 Å². The Hall–Kier alpha value is -3.67. The van der Waals surface area contributed by atoms with Crippen LogP contribution in [0.4, 0.5) is 0 Å². The maximum absolute atomic E-state index is 13.1. The number of hydrogen-bond donors (Lipinski definition) is 1. The van der Waals surface area contributed by atoms with Crippen LogP contribution in [0.3, 0.4) is 0 Å². The monoisotopic (exact) mass is 443 g/mol. The third-order valence-corrected chi connectivity index (χ3v) is 6.43. The summed E-state index contributed by atoms with van der Waals surface area (Å²) in [6, 6.07) is 19.6. The second-order valence-corrected chi connectivity index (χ2v) is 8.71. The molecule has 0 spiro atoms. The summed E-state index contributed by atoms with van der Waals surface area (Å²) in [6.45, 7) is 0.979. The number of methoxy groups -OCH3 is 1. The van der Waals surface area contributed by atoms with Crippen LogP contribution in [0, 0.1) is 5.41 Å². The molecule has 0 aliphatic carbocycles. The maximum atomic E-state index is 13.1. The SMILES string of the molecule is COc1cccc(CC(=O)N2CCC[C@](Cc3ccc(-c4cccnc4)cc3)(C(N)=O)C2)c1. The standard InChI is InChI=1S/C27H29N3O3/c1-33-24-7-2-5-21(15-24)16-25(31)30-14-4-12-27(19-30,26(28)32)17-20-8-10-22(11-9-20)23-6-3-13-29-18-23/h2-3,5-11,13,15,18H,4,12,14,16-17,19H2,1H3,(H2,28,32)/t27-/m1/s1. The lowest BCUT2D eigenvalue weighted by molar-refractivity contribution is -0.139. The van der Waals surface area contributed by atoms with E-state index in [2.05, 4.69) is 4.98 Å². The van der Waals surface area contributed by atoms with Crippen molar-refractivity contribution in [2.45, 2.75) is 25.7 Å². The van der Waals surface area contributed by atoms with Crippen molar-refractivity contribution in [1.29, 1.82) is 0 Å². The van der Waals surface area contributed by atoms with Crippen molar-refractivity contribution in [3.63, 3.8) is 0 Å². The van der Waals surface area contributed by atoms with Crippen molar-refractivity contribution in [1.82, 2.24) is 9.88 Å². The van der Waals surface area contributed by atoms with Gasteiger partial charge in [0.2, 0.25) is 11.8 Å². The van der Waals surface area contributed by atoms with Gasteiger partial charge in [-0.3, -0.25) is 14.6 Å². The van der Waals surface area contributed by atoms with E-state index in [1.165, 1.54) is 0 Å². The van der Waals surface area contributed by atoms with Crippen LogP contribution in [0.2, 0.25) is 0 Å². The molecule has 3 aromatic rings. The van der Waals surface area contributed by atoms with E-state index in [4.69, 9.17) is 10.5 Å². The average molecular weight is 444 g/mol. The highest BCUT2D eigenvalue weighted by molar-refractivity contribution is 5.84. The second-order valence-electron chi connectivity index (χ2n) is 8.71. The predicted octanol–water partition coefficient (Wildman–Crippen LogP) is 3.64. The first-order chi connectivity index (χ1) is 16.0. The van der Waals surface area contributed by atoms with E-state index in [0.29, 0.717) is 25.9 Å². The van der Waals surface area contributed by atoms with Crippen LogP contribution in [0.1, 0.15) is 24.0 Å². The van der Waals surface area contributed by atoms with Gasteiger partial charge in [-0.15, -0.1) is 0 Å². The first-order valence-electron chi connectivity index (χ1n) is 11.2. The normalized spacial score (nSPS) is 18.0. The number of likely N-dealkylation sites (tertiary alicyclic amines) is 1. The zero-order valence-electron chi connectivity index (χ0n) is 18.9. The van der Waals surface area contributed by atoms with E-state index in [0.717, 1.165) is 34.4 Å². The molecule has 2 aromatic carbocycles. The van der Waals surface area contributed by atoms with Crippen molar-refractivity contribution in [2.24, 2.45) is 11.1 Å². The first-order valence-corrected chi connectivity index (χ1v) is 11.2. The molecule has 0 unspecified atom stereocenters. The molecule has 1 saturated heterocycles.